The SMILES string of the molecule is CN(Cc1ccn[nH]1)S(=O)(=O)c1ccc(C(=O)N2CCCc3ccccc32)cc1. The topological polar surface area (TPSA) is 86.4 Å². The first kappa shape index (κ1) is 19.4. The third-order valence-electron chi connectivity index (χ3n) is 5.12. The van der Waals surface area contributed by atoms with Crippen LogP contribution >= 0.6 is 0 Å². The van der Waals surface area contributed by atoms with Gasteiger partial charge in [-0.15, -0.1) is 0 Å². The molecule has 4 rings (SSSR count). The summed E-state index contributed by atoms with van der Waals surface area (Å²) in [4.78, 5) is 14.9. The van der Waals surface area contributed by atoms with E-state index in [1.165, 1.54) is 23.5 Å². The molecule has 0 aliphatic carbocycles. The number of H-pyrrole nitrogens is 1. The van der Waals surface area contributed by atoms with Crippen molar-refractivity contribution in [3.05, 3.63) is 77.6 Å². The van der Waals surface area contributed by atoms with Crippen molar-refractivity contribution in [3.63, 3.8) is 0 Å². The van der Waals surface area contributed by atoms with Gasteiger partial charge < -0.3 is 4.90 Å². The normalized spacial score (nSPS) is 14.1. The van der Waals surface area contributed by atoms with Crippen LogP contribution in [0.25, 0.3) is 0 Å². The highest BCUT2D eigenvalue weighted by Crippen LogP contribution is 2.28. The summed E-state index contributed by atoms with van der Waals surface area (Å²) >= 11 is 0. The average Bonchev–Trinajstić information content (AvgIpc) is 3.26. The molecule has 0 radical (unpaired) electrons. The molecule has 150 valence electrons. The van der Waals surface area contributed by atoms with Crippen LogP contribution < -0.4 is 4.90 Å². The van der Waals surface area contributed by atoms with Gasteiger partial charge in [-0.2, -0.15) is 9.40 Å². The number of amides is 1. The van der Waals surface area contributed by atoms with Gasteiger partial charge in [-0.1, -0.05) is 18.2 Å². The number of hydrogen-bond acceptors (Lipinski definition) is 4. The van der Waals surface area contributed by atoms with E-state index in [9.17, 15) is 13.2 Å². The minimum Gasteiger partial charge on any atom is -0.308 e. The number of nitrogens with one attached hydrogen (secondary N) is 1. The number of aromatic amines is 1. The zero-order chi connectivity index (χ0) is 20.4. The lowest BCUT2D eigenvalue weighted by Gasteiger charge is -2.29. The number of para-hydroxylation sites is 1. The first-order valence-electron chi connectivity index (χ1n) is 9.41. The molecule has 0 atom stereocenters. The predicted octanol–water partition coefficient (Wildman–Crippen LogP) is 2.82. The van der Waals surface area contributed by atoms with E-state index in [1.54, 1.807) is 29.3 Å². The Labute approximate surface area is 170 Å². The van der Waals surface area contributed by atoms with Crippen LogP contribution in [-0.4, -0.2) is 42.4 Å². The Bertz CT molecular complexity index is 1110. The number of hydrogen-bond donors (Lipinski definition) is 1. The summed E-state index contributed by atoms with van der Waals surface area (Å²) in [5.41, 5.74) is 3.26. The van der Waals surface area contributed by atoms with Crippen molar-refractivity contribution in [1.82, 2.24) is 14.5 Å². The van der Waals surface area contributed by atoms with Crippen molar-refractivity contribution in [3.8, 4) is 0 Å². The van der Waals surface area contributed by atoms with E-state index in [-0.39, 0.29) is 17.3 Å². The minimum absolute atomic E-state index is 0.119. The zero-order valence-corrected chi connectivity index (χ0v) is 16.9. The molecule has 0 saturated carbocycles. The number of carbonyl (C=O) groups is 1. The van der Waals surface area contributed by atoms with Gasteiger partial charge in [-0.25, -0.2) is 8.42 Å². The van der Waals surface area contributed by atoms with Crippen LogP contribution in [0.4, 0.5) is 5.69 Å². The molecule has 7 nitrogen and oxygen atoms in total. The fourth-order valence-corrected chi connectivity index (χ4v) is 4.70. The monoisotopic (exact) mass is 410 g/mol. The quantitative estimate of drug-likeness (QED) is 0.701. The third-order valence-corrected chi connectivity index (χ3v) is 6.93. The van der Waals surface area contributed by atoms with Gasteiger partial charge in [0, 0.05) is 31.0 Å². The van der Waals surface area contributed by atoms with Gasteiger partial charge in [0.25, 0.3) is 5.91 Å². The maximum atomic E-state index is 13.0. The molecule has 1 aromatic heterocycles. The number of benzene rings is 2. The number of aryl methyl sites for hydroxylation is 1. The third kappa shape index (κ3) is 3.81. The molecule has 1 amide bonds. The predicted molar refractivity (Wildman–Crippen MR) is 110 cm³/mol. The summed E-state index contributed by atoms with van der Waals surface area (Å²) in [6.45, 7) is 0.844. The number of sulfonamides is 1. The molecule has 1 N–H and O–H groups in total. The molecule has 2 heterocycles. The van der Waals surface area contributed by atoms with E-state index < -0.39 is 10.0 Å². The number of anilines is 1. The van der Waals surface area contributed by atoms with Crippen LogP contribution in [0.5, 0.6) is 0 Å². The van der Waals surface area contributed by atoms with Crippen molar-refractivity contribution in [2.24, 2.45) is 0 Å². The van der Waals surface area contributed by atoms with Crippen LogP contribution in [0.3, 0.4) is 0 Å². The van der Waals surface area contributed by atoms with Crippen LogP contribution in [-0.2, 0) is 23.0 Å². The van der Waals surface area contributed by atoms with Crippen LogP contribution in [0, 0.1) is 0 Å². The molecule has 0 fully saturated rings. The molecule has 0 spiro atoms. The maximum absolute atomic E-state index is 13.0. The van der Waals surface area contributed by atoms with Gasteiger partial charge in [0.1, 0.15) is 0 Å². The van der Waals surface area contributed by atoms with Gasteiger partial charge >= 0.3 is 0 Å². The van der Waals surface area contributed by atoms with E-state index >= 15 is 0 Å². The number of fused-ring (bicyclic) bond motifs is 1. The summed E-state index contributed by atoms with van der Waals surface area (Å²) in [6, 6.07) is 15.8. The molecule has 8 heteroatoms. The zero-order valence-electron chi connectivity index (χ0n) is 16.1. The van der Waals surface area contributed by atoms with Crippen molar-refractivity contribution < 1.29 is 13.2 Å². The van der Waals surface area contributed by atoms with Crippen molar-refractivity contribution >= 4 is 21.6 Å². The highest BCUT2D eigenvalue weighted by atomic mass is 32.2. The second-order valence-corrected chi connectivity index (χ2v) is 9.10. The van der Waals surface area contributed by atoms with Gasteiger partial charge in [0.2, 0.25) is 10.0 Å². The summed E-state index contributed by atoms with van der Waals surface area (Å²) in [7, 11) is -2.16. The Morgan fingerprint density at radius 1 is 1.14 bits per heavy atom. The van der Waals surface area contributed by atoms with Gasteiger partial charge in [0.05, 0.1) is 17.1 Å². The van der Waals surface area contributed by atoms with Gasteiger partial charge in [-0.3, -0.25) is 9.89 Å². The Morgan fingerprint density at radius 2 is 1.90 bits per heavy atom. The molecule has 0 saturated heterocycles. The summed E-state index contributed by atoms with van der Waals surface area (Å²) in [6.07, 6.45) is 3.45. The highest BCUT2D eigenvalue weighted by molar-refractivity contribution is 7.89. The second kappa shape index (κ2) is 7.81. The Morgan fingerprint density at radius 3 is 2.62 bits per heavy atom. The van der Waals surface area contributed by atoms with E-state index in [2.05, 4.69) is 10.2 Å². The van der Waals surface area contributed by atoms with Crippen molar-refractivity contribution in [2.45, 2.75) is 24.3 Å². The van der Waals surface area contributed by atoms with Gasteiger partial charge in [0.15, 0.2) is 0 Å². The lowest BCUT2D eigenvalue weighted by Crippen LogP contribution is -2.35. The van der Waals surface area contributed by atoms with Crippen LogP contribution in [0.1, 0.15) is 28.0 Å². The smallest absolute Gasteiger partial charge is 0.258 e. The second-order valence-electron chi connectivity index (χ2n) is 7.06. The number of rotatable bonds is 5. The average molecular weight is 410 g/mol. The summed E-state index contributed by atoms with van der Waals surface area (Å²) in [5, 5.41) is 6.59. The van der Waals surface area contributed by atoms with E-state index in [4.69, 9.17) is 0 Å². The Kier molecular flexibility index (Phi) is 5.21. The van der Waals surface area contributed by atoms with Crippen LogP contribution in [0.2, 0.25) is 0 Å². The highest BCUT2D eigenvalue weighted by Gasteiger charge is 2.25. The largest absolute Gasteiger partial charge is 0.308 e. The molecule has 2 aromatic carbocycles. The van der Waals surface area contributed by atoms with E-state index in [1.807, 2.05) is 24.3 Å². The molecule has 0 bridgehead atoms. The Balaban J connectivity index is 1.54. The lowest BCUT2D eigenvalue weighted by atomic mass is 10.0. The van der Waals surface area contributed by atoms with Crippen molar-refractivity contribution in [2.75, 3.05) is 18.5 Å². The first-order chi connectivity index (χ1) is 14.0. The molecule has 29 heavy (non-hydrogen) atoms. The minimum atomic E-state index is -3.67. The number of carbonyl (C=O) groups excluding carboxylic acids is 1. The standard InChI is InChI=1S/C21H22N4O3S/c1-24(15-18-12-13-22-23-18)29(27,28)19-10-8-17(9-11-19)21(26)25-14-4-6-16-5-2-3-7-20(16)25/h2-3,5,7-13H,4,6,14-15H2,1H3,(H,22,23). The summed E-state index contributed by atoms with van der Waals surface area (Å²) in [5.74, 6) is -0.119. The fraction of sp³-hybridized carbons (Fsp3) is 0.238. The molecule has 0 unspecified atom stereocenters. The first-order valence-corrected chi connectivity index (χ1v) is 10.9. The molecular weight excluding hydrogens is 388 g/mol. The molecule has 3 aromatic rings. The molecule has 1 aliphatic rings. The van der Waals surface area contributed by atoms with Crippen molar-refractivity contribution in [1.29, 1.82) is 0 Å². The van der Waals surface area contributed by atoms with Crippen LogP contribution in [0.15, 0.2) is 65.7 Å². The number of nitrogens with zero attached hydrogens (tertiary/aromatic N) is 3. The molecule has 1 aliphatic heterocycles. The lowest BCUT2D eigenvalue weighted by molar-refractivity contribution is 0.0985. The van der Waals surface area contributed by atoms with Gasteiger partial charge in [-0.05, 0) is 54.8 Å². The summed E-state index contributed by atoms with van der Waals surface area (Å²) < 4.78 is 26.9. The Hall–Kier alpha value is -2.97. The number of aromatic nitrogens is 2. The fourth-order valence-electron chi connectivity index (χ4n) is 3.55. The van der Waals surface area contributed by atoms with E-state index in [0.717, 1.165) is 24.1 Å². The molecular formula is C21H22N4O3S. The maximum Gasteiger partial charge on any atom is 0.258 e. The van der Waals surface area contributed by atoms with E-state index in [0.29, 0.717) is 17.8 Å².